The summed E-state index contributed by atoms with van der Waals surface area (Å²) in [5.74, 6) is -0.484. The quantitative estimate of drug-likeness (QED) is 0.612. The zero-order valence-electron chi connectivity index (χ0n) is 12.6. The van der Waals surface area contributed by atoms with E-state index < -0.39 is 8.32 Å². The number of ketones is 1. The number of nitrogens with zero attached hydrogens (tertiary/aromatic N) is 1. The molecular formula is C15H20FNO2Si. The van der Waals surface area contributed by atoms with E-state index in [-0.39, 0.29) is 16.6 Å². The standard InChI is InChI=1S/C15H20FNO2Si/c1-15(2,3)20(4,5)19-17-13-9-10-8-11(16)6-7-12(10)14(13)18/h6-8H,9H2,1-5H3. The van der Waals surface area contributed by atoms with Crippen LogP contribution in [0.25, 0.3) is 0 Å². The minimum atomic E-state index is -2.03. The molecule has 3 nitrogen and oxygen atoms in total. The van der Waals surface area contributed by atoms with Gasteiger partial charge in [-0.15, -0.1) is 5.16 Å². The Morgan fingerprint density at radius 2 is 1.95 bits per heavy atom. The Morgan fingerprint density at radius 3 is 2.55 bits per heavy atom. The van der Waals surface area contributed by atoms with Crippen molar-refractivity contribution in [1.82, 2.24) is 0 Å². The van der Waals surface area contributed by atoms with Crippen molar-refractivity contribution in [3.63, 3.8) is 0 Å². The van der Waals surface area contributed by atoms with E-state index in [9.17, 15) is 9.18 Å². The third-order valence-electron chi connectivity index (χ3n) is 4.12. The Hall–Kier alpha value is -1.49. The molecule has 1 aliphatic rings. The fraction of sp³-hybridized carbons (Fsp3) is 0.467. The monoisotopic (exact) mass is 293 g/mol. The lowest BCUT2D eigenvalue weighted by Crippen LogP contribution is -2.39. The first-order valence-electron chi connectivity index (χ1n) is 6.70. The lowest BCUT2D eigenvalue weighted by molar-refractivity contribution is 0.106. The molecule has 0 N–H and O–H groups in total. The second-order valence-electron chi connectivity index (χ2n) is 6.70. The summed E-state index contributed by atoms with van der Waals surface area (Å²) in [5.41, 5.74) is 1.59. The highest BCUT2D eigenvalue weighted by Crippen LogP contribution is 2.37. The predicted molar refractivity (Wildman–Crippen MR) is 80.2 cm³/mol. The van der Waals surface area contributed by atoms with Crippen molar-refractivity contribution in [3.05, 3.63) is 35.1 Å². The summed E-state index contributed by atoms with van der Waals surface area (Å²) in [4.78, 5) is 12.2. The number of rotatable bonds is 2. The highest BCUT2D eigenvalue weighted by molar-refractivity contribution is 6.74. The van der Waals surface area contributed by atoms with Crippen molar-refractivity contribution in [2.75, 3.05) is 0 Å². The van der Waals surface area contributed by atoms with Crippen LogP contribution in [0.5, 0.6) is 0 Å². The van der Waals surface area contributed by atoms with Crippen LogP contribution in [0.15, 0.2) is 23.4 Å². The molecule has 0 saturated heterocycles. The van der Waals surface area contributed by atoms with Gasteiger partial charge in [0.1, 0.15) is 11.5 Å². The van der Waals surface area contributed by atoms with E-state index in [2.05, 4.69) is 39.0 Å². The number of hydrogen-bond donors (Lipinski definition) is 0. The van der Waals surface area contributed by atoms with Gasteiger partial charge in [-0.3, -0.25) is 4.79 Å². The van der Waals surface area contributed by atoms with Crippen LogP contribution in [0.3, 0.4) is 0 Å². The molecule has 0 saturated carbocycles. The Bertz CT molecular complexity index is 588. The second-order valence-corrected chi connectivity index (χ2v) is 11.4. The highest BCUT2D eigenvalue weighted by Gasteiger charge is 2.40. The summed E-state index contributed by atoms with van der Waals surface area (Å²) in [6, 6.07) is 4.21. The Kier molecular flexibility index (Phi) is 3.58. The van der Waals surface area contributed by atoms with E-state index in [1.54, 1.807) is 0 Å². The lowest BCUT2D eigenvalue weighted by Gasteiger charge is -2.33. The molecule has 0 fully saturated rings. The highest BCUT2D eigenvalue weighted by atomic mass is 28.4. The first-order valence-corrected chi connectivity index (χ1v) is 9.61. The molecule has 20 heavy (non-hydrogen) atoms. The molecule has 0 aliphatic heterocycles. The van der Waals surface area contributed by atoms with E-state index >= 15 is 0 Å². The molecule has 1 aliphatic carbocycles. The number of Topliss-reactive ketones (excluding diaryl/α,β-unsaturated/α-hetero) is 1. The van der Waals surface area contributed by atoms with Gasteiger partial charge in [0, 0.05) is 12.0 Å². The first kappa shape index (κ1) is 14.9. The van der Waals surface area contributed by atoms with E-state index in [0.29, 0.717) is 23.3 Å². The van der Waals surface area contributed by atoms with Crippen LogP contribution < -0.4 is 0 Å². The van der Waals surface area contributed by atoms with Crippen LogP contribution in [-0.4, -0.2) is 19.8 Å². The van der Waals surface area contributed by atoms with Crippen LogP contribution >= 0.6 is 0 Å². The zero-order chi connectivity index (χ0) is 15.1. The van der Waals surface area contributed by atoms with Gasteiger partial charge in [-0.25, -0.2) is 4.39 Å². The Balaban J connectivity index is 2.21. The number of hydrogen-bond acceptors (Lipinski definition) is 3. The molecule has 0 spiro atoms. The van der Waals surface area contributed by atoms with Crippen LogP contribution in [0.1, 0.15) is 36.7 Å². The number of halogens is 1. The third-order valence-corrected chi connectivity index (χ3v) is 8.28. The van der Waals surface area contributed by atoms with Crippen molar-refractivity contribution in [2.45, 2.75) is 45.3 Å². The number of carbonyl (C=O) groups is 1. The molecular weight excluding hydrogens is 273 g/mol. The molecule has 2 rings (SSSR count). The second kappa shape index (κ2) is 4.81. The van der Waals surface area contributed by atoms with Crippen LogP contribution in [0.2, 0.25) is 18.1 Å². The summed E-state index contributed by atoms with van der Waals surface area (Å²) in [6.45, 7) is 10.5. The van der Waals surface area contributed by atoms with Crippen molar-refractivity contribution >= 4 is 19.8 Å². The molecule has 1 aromatic rings. The lowest BCUT2D eigenvalue weighted by atomic mass is 10.1. The van der Waals surface area contributed by atoms with Crippen LogP contribution in [0, 0.1) is 5.82 Å². The number of benzene rings is 1. The number of carbonyl (C=O) groups excluding carboxylic acids is 1. The fourth-order valence-corrected chi connectivity index (χ4v) is 2.34. The fourth-order valence-electron chi connectivity index (χ4n) is 1.73. The summed E-state index contributed by atoms with van der Waals surface area (Å²) in [5, 5.41) is 4.12. The van der Waals surface area contributed by atoms with E-state index in [0.717, 1.165) is 0 Å². The third kappa shape index (κ3) is 2.68. The normalized spacial score (nSPS) is 17.5. The van der Waals surface area contributed by atoms with Crippen molar-refractivity contribution in [1.29, 1.82) is 0 Å². The Morgan fingerprint density at radius 1 is 1.30 bits per heavy atom. The van der Waals surface area contributed by atoms with E-state index in [1.165, 1.54) is 18.2 Å². The summed E-state index contributed by atoms with van der Waals surface area (Å²) < 4.78 is 18.9. The number of fused-ring (bicyclic) bond motifs is 1. The minimum Gasteiger partial charge on any atom is -0.454 e. The molecule has 0 unspecified atom stereocenters. The average Bonchev–Trinajstić information content (AvgIpc) is 2.62. The zero-order valence-corrected chi connectivity index (χ0v) is 13.6. The van der Waals surface area contributed by atoms with Gasteiger partial charge in [-0.2, -0.15) is 0 Å². The average molecular weight is 293 g/mol. The van der Waals surface area contributed by atoms with Crippen LogP contribution in [0.4, 0.5) is 4.39 Å². The number of oxime groups is 1. The molecule has 0 atom stereocenters. The largest absolute Gasteiger partial charge is 0.454 e. The molecule has 0 radical (unpaired) electrons. The van der Waals surface area contributed by atoms with Gasteiger partial charge in [0.25, 0.3) is 8.32 Å². The Labute approximate surface area is 120 Å². The van der Waals surface area contributed by atoms with E-state index in [1.807, 2.05) is 0 Å². The van der Waals surface area contributed by atoms with Gasteiger partial charge in [0.2, 0.25) is 5.78 Å². The smallest absolute Gasteiger partial charge is 0.286 e. The molecule has 5 heteroatoms. The van der Waals surface area contributed by atoms with Crippen molar-refractivity contribution < 1.29 is 13.7 Å². The van der Waals surface area contributed by atoms with E-state index in [4.69, 9.17) is 4.53 Å². The molecule has 108 valence electrons. The van der Waals surface area contributed by atoms with Crippen molar-refractivity contribution in [3.8, 4) is 0 Å². The van der Waals surface area contributed by atoms with Gasteiger partial charge >= 0.3 is 0 Å². The van der Waals surface area contributed by atoms with Gasteiger partial charge < -0.3 is 4.53 Å². The summed E-state index contributed by atoms with van der Waals surface area (Å²) in [6.07, 6.45) is 0.348. The maximum absolute atomic E-state index is 13.2. The molecule has 0 heterocycles. The topological polar surface area (TPSA) is 38.7 Å². The maximum Gasteiger partial charge on any atom is 0.286 e. The van der Waals surface area contributed by atoms with Gasteiger partial charge in [0.15, 0.2) is 0 Å². The van der Waals surface area contributed by atoms with Gasteiger partial charge in [-0.05, 0) is 41.9 Å². The maximum atomic E-state index is 13.2. The van der Waals surface area contributed by atoms with Crippen LogP contribution in [-0.2, 0) is 10.9 Å². The van der Waals surface area contributed by atoms with Crippen molar-refractivity contribution in [2.24, 2.45) is 5.16 Å². The minimum absolute atomic E-state index is 0.0255. The summed E-state index contributed by atoms with van der Waals surface area (Å²) >= 11 is 0. The molecule has 0 bridgehead atoms. The summed E-state index contributed by atoms with van der Waals surface area (Å²) in [7, 11) is -2.03. The molecule has 0 amide bonds. The van der Waals surface area contributed by atoms with Gasteiger partial charge in [0.05, 0.1) is 0 Å². The van der Waals surface area contributed by atoms with Gasteiger partial charge in [-0.1, -0.05) is 20.8 Å². The molecule has 1 aromatic carbocycles. The predicted octanol–water partition coefficient (Wildman–Crippen LogP) is 3.94. The SMILES string of the molecule is CC(C)(C)[Si](C)(C)ON=C1Cc2cc(F)ccc2C1=O. The first-order chi connectivity index (χ1) is 9.12. The molecule has 0 aromatic heterocycles.